The summed E-state index contributed by atoms with van der Waals surface area (Å²) < 4.78 is 6.36. The van der Waals surface area contributed by atoms with E-state index in [1.807, 2.05) is 6.20 Å². The maximum atomic E-state index is 12.2. The molecular weight excluding hydrogens is 370 g/mol. The van der Waals surface area contributed by atoms with E-state index in [-0.39, 0.29) is 11.5 Å². The summed E-state index contributed by atoms with van der Waals surface area (Å²) in [4.78, 5) is 26.1. The fourth-order valence-corrected chi connectivity index (χ4v) is 11.3. The van der Waals surface area contributed by atoms with Gasteiger partial charge in [0.15, 0.2) is 13.6 Å². The highest BCUT2D eigenvalue weighted by Gasteiger charge is 2.49. The van der Waals surface area contributed by atoms with Crippen LogP contribution in [0.5, 0.6) is 0 Å². The Labute approximate surface area is 167 Å². The van der Waals surface area contributed by atoms with Gasteiger partial charge in [-0.15, -0.1) is 0 Å². The fourth-order valence-electron chi connectivity index (χ4n) is 5.18. The monoisotopic (exact) mass is 403 g/mol. The molecule has 2 aromatic heterocycles. The van der Waals surface area contributed by atoms with Crippen LogP contribution in [-0.2, 0) is 19.5 Å². The number of anilines is 1. The van der Waals surface area contributed by atoms with Crippen LogP contribution in [0.1, 0.15) is 58.6 Å². The lowest BCUT2D eigenvalue weighted by atomic mass is 10.1. The molecule has 0 radical (unpaired) electrons. The standard InChI is InChI=1S/C20H33N5O2Si/c1-12(2)28(13(3)4,14(5)6)20-22-9-15(27-20)10-25-8-7-17-16(11-25)18(26)24-19(21)23-17/h9,12-14H,7-8,10-11H2,1-6H3,(H3,21,23,24,26). The number of aromatic nitrogens is 3. The molecular formula is C20H33N5O2Si. The van der Waals surface area contributed by atoms with Crippen LogP contribution in [0.2, 0.25) is 16.6 Å². The Kier molecular flexibility index (Phi) is 5.81. The molecule has 7 nitrogen and oxygen atoms in total. The Morgan fingerprint density at radius 1 is 1.21 bits per heavy atom. The largest absolute Gasteiger partial charge is 0.449 e. The molecule has 3 rings (SSSR count). The molecule has 1 aliphatic rings. The van der Waals surface area contributed by atoms with Crippen LogP contribution in [0.25, 0.3) is 0 Å². The zero-order valence-corrected chi connectivity index (χ0v) is 18.9. The number of nitrogens with two attached hydrogens (primary N) is 1. The number of nitrogen functional groups attached to an aromatic ring is 1. The second-order valence-electron chi connectivity index (χ2n) is 8.87. The molecule has 0 fully saturated rings. The van der Waals surface area contributed by atoms with Gasteiger partial charge in [0.25, 0.3) is 5.56 Å². The Morgan fingerprint density at radius 3 is 2.46 bits per heavy atom. The van der Waals surface area contributed by atoms with E-state index in [1.54, 1.807) is 0 Å². The minimum atomic E-state index is -1.90. The highest BCUT2D eigenvalue weighted by molar-refractivity contribution is 6.93. The minimum Gasteiger partial charge on any atom is -0.449 e. The van der Waals surface area contributed by atoms with Crippen molar-refractivity contribution in [3.8, 4) is 0 Å². The van der Waals surface area contributed by atoms with Gasteiger partial charge in [-0.3, -0.25) is 14.7 Å². The maximum absolute atomic E-state index is 12.2. The van der Waals surface area contributed by atoms with Crippen molar-refractivity contribution in [2.75, 3.05) is 12.3 Å². The summed E-state index contributed by atoms with van der Waals surface area (Å²) in [6.45, 7) is 15.9. The van der Waals surface area contributed by atoms with E-state index in [4.69, 9.17) is 15.1 Å². The first-order valence-electron chi connectivity index (χ1n) is 10.2. The molecule has 0 unspecified atom stereocenters. The molecule has 0 aliphatic carbocycles. The van der Waals surface area contributed by atoms with Crippen molar-refractivity contribution >= 4 is 19.5 Å². The molecule has 3 heterocycles. The number of aromatic amines is 1. The zero-order valence-electron chi connectivity index (χ0n) is 17.9. The summed E-state index contributed by atoms with van der Waals surface area (Å²) in [6.07, 6.45) is 2.60. The van der Waals surface area contributed by atoms with Crippen molar-refractivity contribution in [3.63, 3.8) is 0 Å². The number of nitrogens with one attached hydrogen (secondary N) is 1. The van der Waals surface area contributed by atoms with Gasteiger partial charge in [-0.1, -0.05) is 41.5 Å². The maximum Gasteiger partial charge on any atom is 0.257 e. The van der Waals surface area contributed by atoms with E-state index in [0.29, 0.717) is 41.7 Å². The van der Waals surface area contributed by atoms with Crippen LogP contribution in [0, 0.1) is 0 Å². The molecule has 0 bridgehead atoms. The Morgan fingerprint density at radius 2 is 1.86 bits per heavy atom. The molecule has 3 N–H and O–H groups in total. The van der Waals surface area contributed by atoms with Crippen LogP contribution in [0.15, 0.2) is 15.4 Å². The van der Waals surface area contributed by atoms with Crippen molar-refractivity contribution in [3.05, 3.63) is 33.6 Å². The van der Waals surface area contributed by atoms with Crippen LogP contribution < -0.4 is 16.8 Å². The summed E-state index contributed by atoms with van der Waals surface area (Å²) in [7, 11) is -1.90. The van der Waals surface area contributed by atoms with Crippen LogP contribution >= 0.6 is 0 Å². The van der Waals surface area contributed by atoms with Gasteiger partial charge in [0.2, 0.25) is 5.95 Å². The molecule has 2 aromatic rings. The third-order valence-corrected chi connectivity index (χ3v) is 13.0. The topological polar surface area (TPSA) is 101 Å². The number of nitrogens with zero attached hydrogens (tertiary/aromatic N) is 3. The lowest BCUT2D eigenvalue weighted by molar-refractivity contribution is 0.224. The molecule has 154 valence electrons. The summed E-state index contributed by atoms with van der Waals surface area (Å²) in [5.74, 6) is 1.06. The van der Waals surface area contributed by atoms with Crippen molar-refractivity contribution in [2.45, 2.75) is 77.7 Å². The smallest absolute Gasteiger partial charge is 0.257 e. The lowest BCUT2D eigenvalue weighted by Gasteiger charge is -2.39. The number of hydrogen-bond donors (Lipinski definition) is 2. The van der Waals surface area contributed by atoms with Gasteiger partial charge in [-0.2, -0.15) is 0 Å². The Hall–Kier alpha value is -1.93. The van der Waals surface area contributed by atoms with Gasteiger partial charge in [0, 0.05) is 19.5 Å². The third kappa shape index (κ3) is 3.55. The van der Waals surface area contributed by atoms with E-state index in [9.17, 15) is 4.79 Å². The van der Waals surface area contributed by atoms with Crippen molar-refractivity contribution in [1.82, 2.24) is 19.9 Å². The third-order valence-electron chi connectivity index (χ3n) is 6.34. The molecule has 0 amide bonds. The number of H-pyrrole nitrogens is 1. The fraction of sp³-hybridized carbons (Fsp3) is 0.650. The van der Waals surface area contributed by atoms with E-state index in [2.05, 4.69) is 56.4 Å². The normalized spacial score (nSPS) is 15.6. The van der Waals surface area contributed by atoms with Gasteiger partial charge in [0.1, 0.15) is 5.76 Å². The summed E-state index contributed by atoms with van der Waals surface area (Å²) in [5, 5.41) is 0. The highest BCUT2D eigenvalue weighted by Crippen LogP contribution is 2.40. The average molecular weight is 404 g/mol. The van der Waals surface area contributed by atoms with E-state index >= 15 is 0 Å². The van der Waals surface area contributed by atoms with E-state index in [1.165, 1.54) is 0 Å². The van der Waals surface area contributed by atoms with Gasteiger partial charge in [-0.05, 0) is 16.6 Å². The first-order valence-corrected chi connectivity index (χ1v) is 12.4. The SMILES string of the molecule is CC(C)[Si](c1ncc(CN2CCc3nc(N)[nH]c(=O)c3C2)o1)(C(C)C)C(C)C. The average Bonchev–Trinajstić information content (AvgIpc) is 3.03. The first kappa shape index (κ1) is 20.8. The summed E-state index contributed by atoms with van der Waals surface area (Å²) in [6, 6.07) is 0. The van der Waals surface area contributed by atoms with E-state index in [0.717, 1.165) is 23.5 Å². The van der Waals surface area contributed by atoms with Crippen molar-refractivity contribution in [2.24, 2.45) is 0 Å². The van der Waals surface area contributed by atoms with Crippen LogP contribution in [0.4, 0.5) is 5.95 Å². The Bertz CT molecular complexity index is 865. The second kappa shape index (κ2) is 7.83. The molecule has 0 atom stereocenters. The van der Waals surface area contributed by atoms with Crippen LogP contribution in [0.3, 0.4) is 0 Å². The molecule has 0 saturated heterocycles. The summed E-state index contributed by atoms with van der Waals surface area (Å²) in [5.41, 5.74) is 9.65. The molecule has 8 heteroatoms. The minimum absolute atomic E-state index is 0.142. The molecule has 0 saturated carbocycles. The van der Waals surface area contributed by atoms with Crippen molar-refractivity contribution < 1.29 is 4.42 Å². The first-order chi connectivity index (χ1) is 13.2. The van der Waals surface area contributed by atoms with Gasteiger partial charge in [0.05, 0.1) is 24.0 Å². The Balaban J connectivity index is 1.82. The van der Waals surface area contributed by atoms with Crippen LogP contribution in [-0.4, -0.2) is 34.5 Å². The predicted octanol–water partition coefficient (Wildman–Crippen LogP) is 2.78. The number of hydrogen-bond acceptors (Lipinski definition) is 6. The van der Waals surface area contributed by atoms with Gasteiger partial charge >= 0.3 is 0 Å². The molecule has 1 aliphatic heterocycles. The molecule has 0 aromatic carbocycles. The number of rotatable bonds is 6. The van der Waals surface area contributed by atoms with Gasteiger partial charge < -0.3 is 10.2 Å². The highest BCUT2D eigenvalue weighted by atomic mass is 28.3. The van der Waals surface area contributed by atoms with Gasteiger partial charge in [-0.25, -0.2) is 9.97 Å². The molecule has 0 spiro atoms. The molecule has 28 heavy (non-hydrogen) atoms. The lowest BCUT2D eigenvalue weighted by Crippen LogP contribution is -2.56. The second-order valence-corrected chi connectivity index (χ2v) is 14.6. The quantitative estimate of drug-likeness (QED) is 0.719. The number of oxazole rings is 1. The van der Waals surface area contributed by atoms with E-state index < -0.39 is 8.07 Å². The predicted molar refractivity (Wildman–Crippen MR) is 114 cm³/mol. The zero-order chi connectivity index (χ0) is 20.6. The van der Waals surface area contributed by atoms with Crippen molar-refractivity contribution in [1.29, 1.82) is 0 Å². The number of fused-ring (bicyclic) bond motifs is 1. The summed E-state index contributed by atoms with van der Waals surface area (Å²) >= 11 is 0.